The van der Waals surface area contributed by atoms with Gasteiger partial charge < -0.3 is 4.74 Å². The van der Waals surface area contributed by atoms with E-state index in [0.717, 1.165) is 29.0 Å². The zero-order valence-electron chi connectivity index (χ0n) is 11.9. The van der Waals surface area contributed by atoms with Gasteiger partial charge in [-0.25, -0.2) is 19.0 Å². The zero-order valence-corrected chi connectivity index (χ0v) is 11.9. The van der Waals surface area contributed by atoms with E-state index < -0.39 is 5.82 Å². The standard InChI is InChI=1S/C17H11FN4O/c18-13-10-19-17(20-11-13)23-15-7-5-14(6-8-15)22-16-4-2-1-3-12(16)9-21-22/h1-11H. The highest BCUT2D eigenvalue weighted by molar-refractivity contribution is 5.80. The minimum atomic E-state index is -0.502. The quantitative estimate of drug-likeness (QED) is 0.578. The van der Waals surface area contributed by atoms with Gasteiger partial charge in [-0.05, 0) is 30.3 Å². The van der Waals surface area contributed by atoms with Crippen molar-refractivity contribution in [1.82, 2.24) is 19.7 Å². The van der Waals surface area contributed by atoms with Crippen molar-refractivity contribution in [3.05, 3.63) is 72.9 Å². The fourth-order valence-corrected chi connectivity index (χ4v) is 2.29. The van der Waals surface area contributed by atoms with Gasteiger partial charge in [0.05, 0.1) is 29.8 Å². The molecule has 0 fully saturated rings. The van der Waals surface area contributed by atoms with Crippen LogP contribution in [-0.2, 0) is 0 Å². The number of nitrogens with zero attached hydrogens (tertiary/aromatic N) is 4. The van der Waals surface area contributed by atoms with Crippen molar-refractivity contribution in [2.45, 2.75) is 0 Å². The Balaban J connectivity index is 1.61. The van der Waals surface area contributed by atoms with E-state index in [1.165, 1.54) is 0 Å². The molecule has 0 saturated carbocycles. The van der Waals surface area contributed by atoms with Gasteiger partial charge in [0.25, 0.3) is 0 Å². The Hall–Kier alpha value is -3.28. The van der Waals surface area contributed by atoms with E-state index in [9.17, 15) is 4.39 Å². The fourth-order valence-electron chi connectivity index (χ4n) is 2.29. The van der Waals surface area contributed by atoms with Crippen molar-refractivity contribution in [2.24, 2.45) is 0 Å². The molecule has 4 aromatic rings. The van der Waals surface area contributed by atoms with E-state index >= 15 is 0 Å². The van der Waals surface area contributed by atoms with Crippen LogP contribution in [0.1, 0.15) is 0 Å². The Morgan fingerprint density at radius 1 is 0.870 bits per heavy atom. The molecule has 2 aromatic carbocycles. The summed E-state index contributed by atoms with van der Waals surface area (Å²) in [6, 6.07) is 15.4. The van der Waals surface area contributed by atoms with Crippen molar-refractivity contribution in [2.75, 3.05) is 0 Å². The summed E-state index contributed by atoms with van der Waals surface area (Å²) in [6.07, 6.45) is 3.95. The second-order valence-electron chi connectivity index (χ2n) is 4.90. The van der Waals surface area contributed by atoms with Gasteiger partial charge in [0.1, 0.15) is 5.75 Å². The van der Waals surface area contributed by atoms with Gasteiger partial charge in [0.15, 0.2) is 5.82 Å². The summed E-state index contributed by atoms with van der Waals surface area (Å²) in [5.41, 5.74) is 1.95. The van der Waals surface area contributed by atoms with Gasteiger partial charge >= 0.3 is 6.01 Å². The Morgan fingerprint density at radius 2 is 1.61 bits per heavy atom. The molecule has 112 valence electrons. The third-order valence-electron chi connectivity index (χ3n) is 3.36. The van der Waals surface area contributed by atoms with Crippen molar-refractivity contribution >= 4 is 10.9 Å². The van der Waals surface area contributed by atoms with E-state index in [0.29, 0.717) is 5.75 Å². The van der Waals surface area contributed by atoms with E-state index in [2.05, 4.69) is 15.1 Å². The van der Waals surface area contributed by atoms with Crippen LogP contribution in [-0.4, -0.2) is 19.7 Å². The molecule has 0 radical (unpaired) electrons. The van der Waals surface area contributed by atoms with Crippen LogP contribution in [0, 0.1) is 5.82 Å². The number of benzene rings is 2. The van der Waals surface area contributed by atoms with Gasteiger partial charge in [0, 0.05) is 5.39 Å². The van der Waals surface area contributed by atoms with Crippen LogP contribution in [0.3, 0.4) is 0 Å². The lowest BCUT2D eigenvalue weighted by atomic mass is 10.2. The molecule has 4 rings (SSSR count). The number of ether oxygens (including phenoxy) is 1. The SMILES string of the molecule is Fc1cnc(Oc2ccc(-n3ncc4ccccc43)cc2)nc1. The maximum absolute atomic E-state index is 12.8. The second kappa shape index (κ2) is 5.49. The minimum Gasteiger partial charge on any atom is -0.424 e. The molecular weight excluding hydrogens is 295 g/mol. The number of aromatic nitrogens is 4. The lowest BCUT2D eigenvalue weighted by Gasteiger charge is -2.06. The van der Waals surface area contributed by atoms with Crippen LogP contribution >= 0.6 is 0 Å². The highest BCUT2D eigenvalue weighted by Gasteiger charge is 2.05. The van der Waals surface area contributed by atoms with Crippen LogP contribution in [0.5, 0.6) is 11.8 Å². The van der Waals surface area contributed by atoms with Crippen molar-refractivity contribution in [3.63, 3.8) is 0 Å². The van der Waals surface area contributed by atoms with Gasteiger partial charge in [0.2, 0.25) is 0 Å². The molecule has 0 bridgehead atoms. The molecule has 0 aliphatic heterocycles. The van der Waals surface area contributed by atoms with Gasteiger partial charge in [-0.15, -0.1) is 0 Å². The first kappa shape index (κ1) is 13.4. The first-order valence-electron chi connectivity index (χ1n) is 6.98. The summed E-state index contributed by atoms with van der Waals surface area (Å²) < 4.78 is 20.1. The normalized spacial score (nSPS) is 10.8. The molecular formula is C17H11FN4O. The van der Waals surface area contributed by atoms with E-state index in [4.69, 9.17) is 4.74 Å². The summed E-state index contributed by atoms with van der Waals surface area (Å²) in [5, 5.41) is 5.47. The molecule has 0 spiro atoms. The van der Waals surface area contributed by atoms with E-state index in [-0.39, 0.29) is 6.01 Å². The summed E-state index contributed by atoms with van der Waals surface area (Å²) in [7, 11) is 0. The maximum Gasteiger partial charge on any atom is 0.322 e. The molecule has 0 aliphatic carbocycles. The molecule has 0 N–H and O–H groups in total. The lowest BCUT2D eigenvalue weighted by molar-refractivity contribution is 0.436. The average molecular weight is 306 g/mol. The smallest absolute Gasteiger partial charge is 0.322 e. The second-order valence-corrected chi connectivity index (χ2v) is 4.90. The highest BCUT2D eigenvalue weighted by atomic mass is 19.1. The van der Waals surface area contributed by atoms with Crippen molar-refractivity contribution < 1.29 is 9.13 Å². The molecule has 0 amide bonds. The number of fused-ring (bicyclic) bond motifs is 1. The summed E-state index contributed by atoms with van der Waals surface area (Å²) in [6.45, 7) is 0. The van der Waals surface area contributed by atoms with Crippen molar-refractivity contribution in [3.8, 4) is 17.4 Å². The van der Waals surface area contributed by atoms with Crippen LogP contribution in [0.2, 0.25) is 0 Å². The van der Waals surface area contributed by atoms with E-state index in [1.807, 2.05) is 47.3 Å². The topological polar surface area (TPSA) is 52.8 Å². The molecule has 2 heterocycles. The molecule has 0 atom stereocenters. The van der Waals surface area contributed by atoms with Crippen molar-refractivity contribution in [1.29, 1.82) is 0 Å². The molecule has 0 unspecified atom stereocenters. The number of hydrogen-bond acceptors (Lipinski definition) is 4. The largest absolute Gasteiger partial charge is 0.424 e. The van der Waals surface area contributed by atoms with Gasteiger partial charge in [-0.2, -0.15) is 5.10 Å². The lowest BCUT2D eigenvalue weighted by Crippen LogP contribution is -1.96. The van der Waals surface area contributed by atoms with Crippen LogP contribution < -0.4 is 4.74 Å². The van der Waals surface area contributed by atoms with Crippen LogP contribution in [0.4, 0.5) is 4.39 Å². The number of hydrogen-bond donors (Lipinski definition) is 0. The summed E-state index contributed by atoms with van der Waals surface area (Å²) in [5.74, 6) is 0.0649. The first-order valence-corrected chi connectivity index (χ1v) is 6.98. The number of halogens is 1. The molecule has 23 heavy (non-hydrogen) atoms. The molecule has 5 nitrogen and oxygen atoms in total. The Morgan fingerprint density at radius 3 is 2.39 bits per heavy atom. The summed E-state index contributed by atoms with van der Waals surface area (Å²) in [4.78, 5) is 7.52. The Kier molecular flexibility index (Phi) is 3.20. The third kappa shape index (κ3) is 2.62. The Bertz CT molecular complexity index is 948. The molecule has 2 aromatic heterocycles. The molecule has 0 aliphatic rings. The predicted octanol–water partition coefficient (Wildman–Crippen LogP) is 3.75. The zero-order chi connectivity index (χ0) is 15.6. The number of rotatable bonds is 3. The van der Waals surface area contributed by atoms with Crippen LogP contribution in [0.15, 0.2) is 67.1 Å². The number of para-hydroxylation sites is 1. The fraction of sp³-hybridized carbons (Fsp3) is 0. The average Bonchev–Trinajstić information content (AvgIpc) is 3.02. The summed E-state index contributed by atoms with van der Waals surface area (Å²) >= 11 is 0. The molecule has 6 heteroatoms. The molecule has 0 saturated heterocycles. The minimum absolute atomic E-state index is 0.101. The van der Waals surface area contributed by atoms with Gasteiger partial charge in [-0.1, -0.05) is 18.2 Å². The van der Waals surface area contributed by atoms with Crippen LogP contribution in [0.25, 0.3) is 16.6 Å². The van der Waals surface area contributed by atoms with E-state index in [1.54, 1.807) is 12.1 Å². The Labute approximate surface area is 131 Å². The monoisotopic (exact) mass is 306 g/mol. The maximum atomic E-state index is 12.8. The predicted molar refractivity (Wildman–Crippen MR) is 83.1 cm³/mol. The first-order chi connectivity index (χ1) is 11.3. The third-order valence-corrected chi connectivity index (χ3v) is 3.36. The van der Waals surface area contributed by atoms with Gasteiger partial charge in [-0.3, -0.25) is 0 Å². The highest BCUT2D eigenvalue weighted by Crippen LogP contribution is 2.22.